The molecule has 0 radical (unpaired) electrons. The van der Waals surface area contributed by atoms with Gasteiger partial charge in [0.15, 0.2) is 0 Å². The van der Waals surface area contributed by atoms with Crippen LogP contribution >= 0.6 is 0 Å². The van der Waals surface area contributed by atoms with Crippen LogP contribution in [-0.4, -0.2) is 24.9 Å². The Kier molecular flexibility index (Phi) is 5.06. The maximum Gasteiger partial charge on any atom is 0.126 e. The third-order valence-electron chi connectivity index (χ3n) is 3.83. The maximum absolute atomic E-state index is 6.08. The summed E-state index contributed by atoms with van der Waals surface area (Å²) in [6, 6.07) is 6.32. The number of hydrogen-bond donors (Lipinski definition) is 1. The number of benzene rings is 1. The molecule has 112 valence electrons. The van der Waals surface area contributed by atoms with Gasteiger partial charge in [0.2, 0.25) is 0 Å². The Bertz CT molecular complexity index is 443. The largest absolute Gasteiger partial charge is 0.490 e. The van der Waals surface area contributed by atoms with Crippen molar-refractivity contribution in [1.29, 1.82) is 0 Å². The number of nitrogens with one attached hydrogen (secondary N) is 1. The van der Waals surface area contributed by atoms with Crippen LogP contribution in [-0.2, 0) is 11.3 Å². The molecule has 0 bridgehead atoms. The monoisotopic (exact) mass is 277 g/mol. The van der Waals surface area contributed by atoms with Gasteiger partial charge in [-0.25, -0.2) is 0 Å². The molecule has 1 aliphatic heterocycles. The van der Waals surface area contributed by atoms with Crippen molar-refractivity contribution in [1.82, 2.24) is 5.32 Å². The third kappa shape index (κ3) is 3.97. The summed E-state index contributed by atoms with van der Waals surface area (Å²) < 4.78 is 12.1. The zero-order valence-electron chi connectivity index (χ0n) is 13.2. The van der Waals surface area contributed by atoms with Crippen molar-refractivity contribution in [2.45, 2.75) is 58.8 Å². The molecule has 1 aromatic rings. The average Bonchev–Trinajstić information content (AvgIpc) is 2.75. The first kappa shape index (κ1) is 15.3. The van der Waals surface area contributed by atoms with Crippen LogP contribution in [0.3, 0.4) is 0 Å². The van der Waals surface area contributed by atoms with Gasteiger partial charge in [-0.15, -0.1) is 0 Å². The Morgan fingerprint density at radius 1 is 1.40 bits per heavy atom. The molecule has 1 saturated heterocycles. The van der Waals surface area contributed by atoms with Crippen LogP contribution in [0.5, 0.6) is 5.75 Å². The molecule has 1 heterocycles. The lowest BCUT2D eigenvalue weighted by Crippen LogP contribution is -2.24. The van der Waals surface area contributed by atoms with Crippen LogP contribution in [0.2, 0.25) is 0 Å². The van der Waals surface area contributed by atoms with E-state index < -0.39 is 0 Å². The standard InChI is InChI=1S/C17H27NO2/c1-5-18-11-14-8-6-7-13(2)16(14)19-12-15-9-10-17(3,4)20-15/h6-8,15,18H,5,9-12H2,1-4H3. The number of hydrogen-bond acceptors (Lipinski definition) is 3. The first-order valence-electron chi connectivity index (χ1n) is 7.61. The minimum Gasteiger partial charge on any atom is -0.490 e. The molecular formula is C17H27NO2. The highest BCUT2D eigenvalue weighted by molar-refractivity contribution is 5.40. The smallest absolute Gasteiger partial charge is 0.126 e. The highest BCUT2D eigenvalue weighted by Gasteiger charge is 2.32. The lowest BCUT2D eigenvalue weighted by atomic mass is 10.1. The Morgan fingerprint density at radius 2 is 2.20 bits per heavy atom. The third-order valence-corrected chi connectivity index (χ3v) is 3.83. The van der Waals surface area contributed by atoms with E-state index in [-0.39, 0.29) is 11.7 Å². The van der Waals surface area contributed by atoms with Crippen LogP contribution in [0.25, 0.3) is 0 Å². The fraction of sp³-hybridized carbons (Fsp3) is 0.647. The summed E-state index contributed by atoms with van der Waals surface area (Å²) in [5.74, 6) is 1.02. The Hall–Kier alpha value is -1.06. The van der Waals surface area contributed by atoms with Crippen molar-refractivity contribution in [3.63, 3.8) is 0 Å². The van der Waals surface area contributed by atoms with Gasteiger partial charge in [-0.05, 0) is 45.7 Å². The zero-order chi connectivity index (χ0) is 14.6. The van der Waals surface area contributed by atoms with Crippen molar-refractivity contribution in [3.05, 3.63) is 29.3 Å². The summed E-state index contributed by atoms with van der Waals surface area (Å²) in [5, 5.41) is 3.36. The van der Waals surface area contributed by atoms with Crippen molar-refractivity contribution in [2.75, 3.05) is 13.2 Å². The van der Waals surface area contributed by atoms with Gasteiger partial charge in [-0.2, -0.15) is 0 Å². The molecule has 3 nitrogen and oxygen atoms in total. The minimum absolute atomic E-state index is 0.00630. The quantitative estimate of drug-likeness (QED) is 0.864. The average molecular weight is 277 g/mol. The summed E-state index contributed by atoms with van der Waals surface area (Å²) in [7, 11) is 0. The van der Waals surface area contributed by atoms with Gasteiger partial charge in [-0.3, -0.25) is 0 Å². The lowest BCUT2D eigenvalue weighted by Gasteiger charge is -2.21. The Labute approximate surface area is 122 Å². The molecule has 1 aliphatic rings. The van der Waals surface area contributed by atoms with E-state index in [1.54, 1.807) is 0 Å². The van der Waals surface area contributed by atoms with Crippen LogP contribution in [0.15, 0.2) is 18.2 Å². The summed E-state index contributed by atoms with van der Waals surface area (Å²) in [6.07, 6.45) is 2.41. The molecule has 1 aromatic carbocycles. The highest BCUT2D eigenvalue weighted by Crippen LogP contribution is 2.30. The van der Waals surface area contributed by atoms with E-state index >= 15 is 0 Å². The molecule has 0 amide bonds. The van der Waals surface area contributed by atoms with Gasteiger partial charge in [0.05, 0.1) is 11.7 Å². The van der Waals surface area contributed by atoms with E-state index in [0.29, 0.717) is 6.61 Å². The minimum atomic E-state index is 0.00630. The maximum atomic E-state index is 6.08. The van der Waals surface area contributed by atoms with E-state index in [1.807, 2.05) is 0 Å². The first-order valence-corrected chi connectivity index (χ1v) is 7.61. The fourth-order valence-corrected chi connectivity index (χ4v) is 2.69. The number of rotatable bonds is 6. The molecule has 2 rings (SSSR count). The molecule has 3 heteroatoms. The van der Waals surface area contributed by atoms with E-state index in [2.05, 4.69) is 51.2 Å². The van der Waals surface area contributed by atoms with Crippen molar-refractivity contribution in [3.8, 4) is 5.75 Å². The van der Waals surface area contributed by atoms with Gasteiger partial charge in [0.1, 0.15) is 12.4 Å². The van der Waals surface area contributed by atoms with Crippen LogP contribution in [0.1, 0.15) is 44.7 Å². The molecule has 0 aliphatic carbocycles. The molecular weight excluding hydrogens is 250 g/mol. The normalized spacial score (nSPS) is 21.1. The number of ether oxygens (including phenoxy) is 2. The molecule has 0 saturated carbocycles. The molecule has 1 fully saturated rings. The number of para-hydroxylation sites is 1. The fourth-order valence-electron chi connectivity index (χ4n) is 2.69. The SMILES string of the molecule is CCNCc1cccc(C)c1OCC1CCC(C)(C)O1. The molecule has 0 aromatic heterocycles. The molecule has 0 spiro atoms. The van der Waals surface area contributed by atoms with Crippen molar-refractivity contribution in [2.24, 2.45) is 0 Å². The summed E-state index contributed by atoms with van der Waals surface area (Å²) in [4.78, 5) is 0. The van der Waals surface area contributed by atoms with Crippen LogP contribution in [0, 0.1) is 6.92 Å². The van der Waals surface area contributed by atoms with Gasteiger partial charge in [0.25, 0.3) is 0 Å². The topological polar surface area (TPSA) is 30.5 Å². The van der Waals surface area contributed by atoms with E-state index in [1.165, 1.54) is 11.1 Å². The second kappa shape index (κ2) is 6.59. The molecule has 20 heavy (non-hydrogen) atoms. The van der Waals surface area contributed by atoms with Gasteiger partial charge in [-0.1, -0.05) is 25.1 Å². The Balaban J connectivity index is 1.98. The van der Waals surface area contributed by atoms with E-state index in [4.69, 9.17) is 9.47 Å². The highest BCUT2D eigenvalue weighted by atomic mass is 16.6. The first-order chi connectivity index (χ1) is 9.52. The predicted molar refractivity (Wildman–Crippen MR) is 82.2 cm³/mol. The molecule has 1 unspecified atom stereocenters. The van der Waals surface area contributed by atoms with Gasteiger partial charge in [0, 0.05) is 12.1 Å². The summed E-state index contributed by atoms with van der Waals surface area (Å²) in [6.45, 7) is 11.0. The summed E-state index contributed by atoms with van der Waals surface area (Å²) >= 11 is 0. The predicted octanol–water partition coefficient (Wildman–Crippen LogP) is 3.44. The van der Waals surface area contributed by atoms with Gasteiger partial charge < -0.3 is 14.8 Å². The molecule has 1 atom stereocenters. The summed E-state index contributed by atoms with van der Waals surface area (Å²) in [5.41, 5.74) is 2.42. The van der Waals surface area contributed by atoms with Crippen LogP contribution in [0.4, 0.5) is 0 Å². The van der Waals surface area contributed by atoms with Gasteiger partial charge >= 0.3 is 0 Å². The lowest BCUT2D eigenvalue weighted by molar-refractivity contribution is -0.0328. The van der Waals surface area contributed by atoms with E-state index in [0.717, 1.165) is 31.7 Å². The Morgan fingerprint density at radius 3 is 2.85 bits per heavy atom. The second-order valence-electron chi connectivity index (χ2n) is 6.19. The van der Waals surface area contributed by atoms with Crippen molar-refractivity contribution >= 4 is 0 Å². The molecule has 1 N–H and O–H groups in total. The van der Waals surface area contributed by atoms with E-state index in [9.17, 15) is 0 Å². The van der Waals surface area contributed by atoms with Crippen LogP contribution < -0.4 is 10.1 Å². The van der Waals surface area contributed by atoms with Crippen molar-refractivity contribution < 1.29 is 9.47 Å². The zero-order valence-corrected chi connectivity index (χ0v) is 13.2. The second-order valence-corrected chi connectivity index (χ2v) is 6.19. The number of aryl methyl sites for hydroxylation is 1.